The molecule has 1 aromatic carbocycles. The van der Waals surface area contributed by atoms with Gasteiger partial charge in [-0.3, -0.25) is 0 Å². The van der Waals surface area contributed by atoms with Gasteiger partial charge in [-0.25, -0.2) is 4.98 Å². The minimum absolute atomic E-state index is 0.197. The fourth-order valence-electron chi connectivity index (χ4n) is 1.74. The molecule has 106 valence electrons. The topological polar surface area (TPSA) is 86.0 Å². The van der Waals surface area contributed by atoms with Gasteiger partial charge in [-0.1, -0.05) is 0 Å². The van der Waals surface area contributed by atoms with Gasteiger partial charge in [-0.15, -0.1) is 0 Å². The van der Waals surface area contributed by atoms with Crippen LogP contribution in [0, 0.1) is 4.77 Å². The molecule has 0 radical (unpaired) electrons. The lowest BCUT2D eigenvalue weighted by molar-refractivity contribution is 0.288. The number of anilines is 1. The summed E-state index contributed by atoms with van der Waals surface area (Å²) in [5, 5.41) is 0. The van der Waals surface area contributed by atoms with E-state index in [-0.39, 0.29) is 10.7 Å². The van der Waals surface area contributed by atoms with Crippen molar-refractivity contribution in [2.45, 2.75) is 13.8 Å². The molecule has 7 heteroatoms. The molecular formula is C13H16N4O2S. The van der Waals surface area contributed by atoms with Gasteiger partial charge in [0.1, 0.15) is 5.82 Å². The van der Waals surface area contributed by atoms with E-state index in [1.54, 1.807) is 0 Å². The van der Waals surface area contributed by atoms with Crippen LogP contribution >= 0.6 is 12.2 Å². The van der Waals surface area contributed by atoms with E-state index in [4.69, 9.17) is 27.4 Å². The SMILES string of the molecule is CCOc1ccc(-c2nc(=S)nc(N)[nH]2)cc1OCC. The van der Waals surface area contributed by atoms with E-state index in [0.717, 1.165) is 5.56 Å². The maximum absolute atomic E-state index is 5.64. The Hall–Kier alpha value is -2.15. The van der Waals surface area contributed by atoms with Crippen molar-refractivity contribution in [2.24, 2.45) is 0 Å². The largest absolute Gasteiger partial charge is 0.490 e. The summed E-state index contributed by atoms with van der Waals surface area (Å²) < 4.78 is 11.3. The van der Waals surface area contributed by atoms with Gasteiger partial charge in [0.25, 0.3) is 0 Å². The number of benzene rings is 1. The van der Waals surface area contributed by atoms with E-state index < -0.39 is 0 Å². The number of aromatic nitrogens is 3. The second-order valence-electron chi connectivity index (χ2n) is 3.89. The number of H-pyrrole nitrogens is 1. The van der Waals surface area contributed by atoms with Crippen molar-refractivity contribution in [3.05, 3.63) is 23.0 Å². The summed E-state index contributed by atoms with van der Waals surface area (Å²) in [5.74, 6) is 2.13. The quantitative estimate of drug-likeness (QED) is 0.824. The molecule has 6 nitrogen and oxygen atoms in total. The van der Waals surface area contributed by atoms with Gasteiger partial charge in [0.05, 0.1) is 13.2 Å². The Balaban J connectivity index is 2.46. The Kier molecular flexibility index (Phi) is 4.52. The molecule has 1 heterocycles. The number of nitrogens with one attached hydrogen (secondary N) is 1. The van der Waals surface area contributed by atoms with Crippen LogP contribution < -0.4 is 15.2 Å². The van der Waals surface area contributed by atoms with Crippen molar-refractivity contribution in [1.29, 1.82) is 0 Å². The third kappa shape index (κ3) is 3.24. The maximum Gasteiger partial charge on any atom is 0.224 e. The second-order valence-corrected chi connectivity index (χ2v) is 4.26. The standard InChI is InChI=1S/C13H16N4O2S/c1-3-18-9-6-5-8(7-10(9)19-4-2)11-15-12(14)17-13(20)16-11/h5-7H,3-4H2,1-2H3,(H3,14,15,16,17,20). The van der Waals surface area contributed by atoms with Crippen LogP contribution in [0.25, 0.3) is 11.4 Å². The number of ether oxygens (including phenoxy) is 2. The average Bonchev–Trinajstić information content (AvgIpc) is 2.40. The first kappa shape index (κ1) is 14.3. The molecule has 20 heavy (non-hydrogen) atoms. The fraction of sp³-hybridized carbons (Fsp3) is 0.308. The fourth-order valence-corrected chi connectivity index (χ4v) is 1.93. The smallest absolute Gasteiger partial charge is 0.224 e. The summed E-state index contributed by atoms with van der Waals surface area (Å²) in [6.45, 7) is 4.96. The van der Waals surface area contributed by atoms with E-state index in [9.17, 15) is 0 Å². The minimum atomic E-state index is 0.197. The van der Waals surface area contributed by atoms with Crippen LogP contribution in [0.4, 0.5) is 5.95 Å². The monoisotopic (exact) mass is 292 g/mol. The van der Waals surface area contributed by atoms with Crippen molar-refractivity contribution < 1.29 is 9.47 Å². The Morgan fingerprint density at radius 2 is 1.85 bits per heavy atom. The first-order valence-electron chi connectivity index (χ1n) is 6.28. The van der Waals surface area contributed by atoms with Gasteiger partial charge in [-0.05, 0) is 44.3 Å². The molecule has 0 aliphatic heterocycles. The second kappa shape index (κ2) is 6.33. The van der Waals surface area contributed by atoms with Gasteiger partial charge in [0, 0.05) is 5.56 Å². The van der Waals surface area contributed by atoms with Crippen LogP contribution in [-0.2, 0) is 0 Å². The van der Waals surface area contributed by atoms with Crippen molar-refractivity contribution in [3.8, 4) is 22.9 Å². The van der Waals surface area contributed by atoms with Crippen LogP contribution in [0.2, 0.25) is 0 Å². The zero-order chi connectivity index (χ0) is 14.5. The molecular weight excluding hydrogens is 276 g/mol. The first-order valence-corrected chi connectivity index (χ1v) is 6.68. The molecule has 0 aliphatic rings. The van der Waals surface area contributed by atoms with E-state index in [2.05, 4.69) is 15.0 Å². The maximum atomic E-state index is 5.64. The van der Waals surface area contributed by atoms with E-state index in [1.165, 1.54) is 0 Å². The molecule has 0 fully saturated rings. The molecule has 0 atom stereocenters. The number of rotatable bonds is 5. The summed E-state index contributed by atoms with van der Waals surface area (Å²) in [5.41, 5.74) is 6.44. The van der Waals surface area contributed by atoms with Crippen molar-refractivity contribution in [2.75, 3.05) is 18.9 Å². The lowest BCUT2D eigenvalue weighted by Gasteiger charge is -2.12. The van der Waals surface area contributed by atoms with Gasteiger partial charge >= 0.3 is 0 Å². The third-order valence-electron chi connectivity index (χ3n) is 2.49. The molecule has 1 aromatic heterocycles. The van der Waals surface area contributed by atoms with Gasteiger partial charge < -0.3 is 20.2 Å². The highest BCUT2D eigenvalue weighted by Gasteiger charge is 2.09. The zero-order valence-electron chi connectivity index (χ0n) is 11.3. The number of hydrogen-bond acceptors (Lipinski definition) is 6. The molecule has 2 rings (SSSR count). The highest BCUT2D eigenvalue weighted by atomic mass is 32.1. The summed E-state index contributed by atoms with van der Waals surface area (Å²) >= 11 is 4.96. The van der Waals surface area contributed by atoms with E-state index in [1.807, 2.05) is 32.0 Å². The van der Waals surface area contributed by atoms with Crippen LogP contribution in [0.5, 0.6) is 11.5 Å². The lowest BCUT2D eigenvalue weighted by atomic mass is 10.2. The van der Waals surface area contributed by atoms with Crippen LogP contribution in [-0.4, -0.2) is 28.2 Å². The number of hydrogen-bond donors (Lipinski definition) is 2. The van der Waals surface area contributed by atoms with Gasteiger partial charge in [-0.2, -0.15) is 4.98 Å². The minimum Gasteiger partial charge on any atom is -0.490 e. The third-order valence-corrected chi connectivity index (χ3v) is 2.67. The molecule has 3 N–H and O–H groups in total. The van der Waals surface area contributed by atoms with E-state index in [0.29, 0.717) is 30.5 Å². The summed E-state index contributed by atoms with van der Waals surface area (Å²) in [4.78, 5) is 10.9. The molecule has 0 unspecified atom stereocenters. The molecule has 0 bridgehead atoms. The van der Waals surface area contributed by atoms with Gasteiger partial charge in [0.2, 0.25) is 10.7 Å². The van der Waals surface area contributed by atoms with Crippen molar-refractivity contribution in [1.82, 2.24) is 15.0 Å². The number of nitrogens with two attached hydrogens (primary N) is 1. The zero-order valence-corrected chi connectivity index (χ0v) is 12.2. The summed E-state index contributed by atoms with van der Waals surface area (Å²) in [6, 6.07) is 5.53. The highest BCUT2D eigenvalue weighted by Crippen LogP contribution is 2.31. The molecule has 2 aromatic rings. The number of nitrogen functional groups attached to an aromatic ring is 1. The van der Waals surface area contributed by atoms with Crippen molar-refractivity contribution >= 4 is 18.2 Å². The predicted molar refractivity (Wildman–Crippen MR) is 79.4 cm³/mol. The summed E-state index contributed by atoms with van der Waals surface area (Å²) in [6.07, 6.45) is 0. The average molecular weight is 292 g/mol. The number of aromatic amines is 1. The Labute approximate surface area is 122 Å². The molecule has 0 amide bonds. The van der Waals surface area contributed by atoms with Crippen LogP contribution in [0.1, 0.15) is 13.8 Å². The molecule has 0 aliphatic carbocycles. The van der Waals surface area contributed by atoms with Crippen LogP contribution in [0.3, 0.4) is 0 Å². The van der Waals surface area contributed by atoms with Crippen molar-refractivity contribution in [3.63, 3.8) is 0 Å². The first-order chi connectivity index (χ1) is 9.63. The Bertz CT molecular complexity index is 657. The molecule has 0 saturated carbocycles. The predicted octanol–water partition coefficient (Wildman–Crippen LogP) is 2.58. The van der Waals surface area contributed by atoms with Crippen LogP contribution in [0.15, 0.2) is 18.2 Å². The Morgan fingerprint density at radius 1 is 1.15 bits per heavy atom. The number of nitrogens with zero attached hydrogens (tertiary/aromatic N) is 2. The highest BCUT2D eigenvalue weighted by molar-refractivity contribution is 7.71. The normalized spacial score (nSPS) is 10.3. The summed E-state index contributed by atoms with van der Waals surface area (Å²) in [7, 11) is 0. The Morgan fingerprint density at radius 3 is 2.50 bits per heavy atom. The molecule has 0 saturated heterocycles. The van der Waals surface area contributed by atoms with E-state index >= 15 is 0 Å². The van der Waals surface area contributed by atoms with Gasteiger partial charge in [0.15, 0.2) is 11.5 Å². The lowest BCUT2D eigenvalue weighted by Crippen LogP contribution is -2.01. The molecule has 0 spiro atoms.